The molecule has 0 saturated heterocycles. The van der Waals surface area contributed by atoms with Crippen molar-refractivity contribution in [2.24, 2.45) is 0 Å². The lowest BCUT2D eigenvalue weighted by Gasteiger charge is -2.07. The number of fused-ring (bicyclic) bond motifs is 1. The quantitative estimate of drug-likeness (QED) is 0.535. The van der Waals surface area contributed by atoms with Crippen molar-refractivity contribution in [1.82, 2.24) is 0 Å². The molecule has 0 heterocycles. The van der Waals surface area contributed by atoms with Crippen LogP contribution in [0.5, 0.6) is 0 Å². The van der Waals surface area contributed by atoms with Crippen LogP contribution in [0.15, 0.2) is 66.7 Å². The first-order valence-electron chi connectivity index (χ1n) is 7.22. The summed E-state index contributed by atoms with van der Waals surface area (Å²) in [6.45, 7) is 0. The Morgan fingerprint density at radius 2 is 1.17 bits per heavy atom. The lowest BCUT2D eigenvalue weighted by atomic mass is 9.93. The summed E-state index contributed by atoms with van der Waals surface area (Å²) in [5.41, 5.74) is 0.0466. The second kappa shape index (κ2) is 6.38. The standard InChI is InChI=1S/C20H11O4/c21-12-18(22)15-9-3-4-10-17(15)20(24)19(23)16-11-5-7-13-6-1-2-8-14(13)16/h1-11H. The third-order valence-corrected chi connectivity index (χ3v) is 3.75. The van der Waals surface area contributed by atoms with Crippen LogP contribution in [0.1, 0.15) is 31.1 Å². The van der Waals surface area contributed by atoms with Crippen molar-refractivity contribution >= 4 is 34.4 Å². The van der Waals surface area contributed by atoms with E-state index in [0.29, 0.717) is 5.39 Å². The van der Waals surface area contributed by atoms with E-state index in [9.17, 15) is 19.2 Å². The Morgan fingerprint density at radius 1 is 0.625 bits per heavy atom. The smallest absolute Gasteiger partial charge is 0.277 e. The highest BCUT2D eigenvalue weighted by molar-refractivity contribution is 6.52. The van der Waals surface area contributed by atoms with Crippen molar-refractivity contribution in [1.29, 1.82) is 0 Å². The molecule has 4 heteroatoms. The highest BCUT2D eigenvalue weighted by Gasteiger charge is 2.24. The molecule has 0 aliphatic carbocycles. The van der Waals surface area contributed by atoms with Gasteiger partial charge in [0, 0.05) is 16.7 Å². The van der Waals surface area contributed by atoms with E-state index >= 15 is 0 Å². The van der Waals surface area contributed by atoms with Gasteiger partial charge in [0.25, 0.3) is 6.29 Å². The maximum absolute atomic E-state index is 12.7. The molecule has 0 amide bonds. The molecule has 3 aromatic rings. The number of rotatable bonds is 5. The Bertz CT molecular complexity index is 980. The van der Waals surface area contributed by atoms with Crippen molar-refractivity contribution in [2.75, 3.05) is 0 Å². The normalized spacial score (nSPS) is 10.3. The number of hydrogen-bond acceptors (Lipinski definition) is 4. The van der Waals surface area contributed by atoms with Gasteiger partial charge in [-0.25, -0.2) is 0 Å². The minimum atomic E-state index is -0.954. The summed E-state index contributed by atoms with van der Waals surface area (Å²) in [7, 11) is 0. The van der Waals surface area contributed by atoms with Crippen LogP contribution in [0.25, 0.3) is 10.8 Å². The van der Waals surface area contributed by atoms with Gasteiger partial charge in [0.15, 0.2) is 0 Å². The van der Waals surface area contributed by atoms with Crippen molar-refractivity contribution in [3.05, 3.63) is 83.4 Å². The van der Waals surface area contributed by atoms with Gasteiger partial charge in [0.1, 0.15) is 0 Å². The maximum Gasteiger partial charge on any atom is 0.277 e. The molecule has 0 bridgehead atoms. The molecule has 24 heavy (non-hydrogen) atoms. The van der Waals surface area contributed by atoms with E-state index in [1.807, 2.05) is 18.2 Å². The van der Waals surface area contributed by atoms with Crippen LogP contribution in [0.2, 0.25) is 0 Å². The van der Waals surface area contributed by atoms with E-state index in [1.54, 1.807) is 24.3 Å². The Hall–Kier alpha value is -3.40. The van der Waals surface area contributed by atoms with Crippen molar-refractivity contribution < 1.29 is 19.2 Å². The number of carbonyl (C=O) groups is 3. The minimum absolute atomic E-state index is 0.0937. The van der Waals surface area contributed by atoms with Gasteiger partial charge in [-0.1, -0.05) is 66.7 Å². The molecule has 0 fully saturated rings. The first-order valence-corrected chi connectivity index (χ1v) is 7.22. The summed E-state index contributed by atoms with van der Waals surface area (Å²) in [6, 6.07) is 18.1. The number of carbonyl (C=O) groups excluding carboxylic acids is 4. The average molecular weight is 315 g/mol. The highest BCUT2D eigenvalue weighted by Crippen LogP contribution is 2.21. The molecule has 3 rings (SSSR count). The third-order valence-electron chi connectivity index (χ3n) is 3.75. The molecule has 0 aliphatic heterocycles. The first kappa shape index (κ1) is 15.5. The van der Waals surface area contributed by atoms with Gasteiger partial charge in [-0.05, 0) is 10.8 Å². The van der Waals surface area contributed by atoms with E-state index in [0.717, 1.165) is 5.39 Å². The second-order valence-corrected chi connectivity index (χ2v) is 5.16. The van der Waals surface area contributed by atoms with Crippen LogP contribution < -0.4 is 0 Å². The highest BCUT2D eigenvalue weighted by atomic mass is 16.2. The Kier molecular flexibility index (Phi) is 4.12. The zero-order valence-electron chi connectivity index (χ0n) is 12.5. The molecular weight excluding hydrogens is 304 g/mol. The maximum atomic E-state index is 12.7. The summed E-state index contributed by atoms with van der Waals surface area (Å²) in [6.07, 6.45) is 1.23. The topological polar surface area (TPSA) is 68.3 Å². The zero-order valence-corrected chi connectivity index (χ0v) is 12.5. The van der Waals surface area contributed by atoms with Crippen LogP contribution in [0.3, 0.4) is 0 Å². The largest absolute Gasteiger partial charge is 0.285 e. The molecule has 0 unspecified atom stereocenters. The molecule has 115 valence electrons. The number of ketones is 3. The lowest BCUT2D eigenvalue weighted by molar-refractivity contribution is 0.0816. The van der Waals surface area contributed by atoms with Crippen LogP contribution in [0, 0.1) is 0 Å². The molecule has 0 saturated carbocycles. The van der Waals surface area contributed by atoms with Crippen molar-refractivity contribution in [2.45, 2.75) is 0 Å². The summed E-state index contributed by atoms with van der Waals surface area (Å²) < 4.78 is 0. The van der Waals surface area contributed by atoms with Gasteiger partial charge >= 0.3 is 0 Å². The molecule has 0 atom stereocenters. The Morgan fingerprint density at radius 3 is 1.92 bits per heavy atom. The van der Waals surface area contributed by atoms with Crippen LogP contribution in [-0.4, -0.2) is 23.6 Å². The van der Waals surface area contributed by atoms with Gasteiger partial charge in [0.05, 0.1) is 0 Å². The van der Waals surface area contributed by atoms with E-state index in [4.69, 9.17) is 0 Å². The molecular formula is C20H11O4. The lowest BCUT2D eigenvalue weighted by Crippen LogP contribution is -2.18. The Labute approximate surface area is 137 Å². The van der Waals surface area contributed by atoms with Gasteiger partial charge in [-0.2, -0.15) is 0 Å². The zero-order chi connectivity index (χ0) is 17.1. The van der Waals surface area contributed by atoms with E-state index in [2.05, 4.69) is 0 Å². The monoisotopic (exact) mass is 315 g/mol. The molecule has 0 aliphatic rings. The first-order chi connectivity index (χ1) is 11.6. The molecule has 3 aromatic carbocycles. The molecule has 0 spiro atoms. The Balaban J connectivity index is 2.09. The van der Waals surface area contributed by atoms with Gasteiger partial charge in [-0.15, -0.1) is 0 Å². The van der Waals surface area contributed by atoms with Crippen molar-refractivity contribution in [3.8, 4) is 0 Å². The number of Topliss-reactive ketones (excluding diaryl/α,β-unsaturated/α-hetero) is 3. The molecule has 1 radical (unpaired) electrons. The summed E-state index contributed by atoms with van der Waals surface area (Å²) >= 11 is 0. The van der Waals surface area contributed by atoms with E-state index in [1.165, 1.54) is 30.6 Å². The van der Waals surface area contributed by atoms with Gasteiger partial charge in [0.2, 0.25) is 17.3 Å². The van der Waals surface area contributed by atoms with Crippen molar-refractivity contribution in [3.63, 3.8) is 0 Å². The predicted octanol–water partition coefficient (Wildman–Crippen LogP) is 3.20. The molecule has 0 N–H and O–H groups in total. The summed E-state index contributed by atoms with van der Waals surface area (Å²) in [5.74, 6) is -2.51. The minimum Gasteiger partial charge on any atom is -0.285 e. The van der Waals surface area contributed by atoms with E-state index in [-0.39, 0.29) is 16.7 Å². The fraction of sp³-hybridized carbons (Fsp3) is 0. The predicted molar refractivity (Wildman–Crippen MR) is 89.1 cm³/mol. The third kappa shape index (κ3) is 2.65. The van der Waals surface area contributed by atoms with Crippen LogP contribution >= 0.6 is 0 Å². The SMILES string of the molecule is O=[C]C(=O)c1ccccc1C(=O)C(=O)c1cccc2ccccc12. The molecule has 4 nitrogen and oxygen atoms in total. The summed E-state index contributed by atoms with van der Waals surface area (Å²) in [4.78, 5) is 47.5. The summed E-state index contributed by atoms with van der Waals surface area (Å²) in [5, 5.41) is 1.49. The van der Waals surface area contributed by atoms with E-state index < -0.39 is 17.3 Å². The number of benzene rings is 3. The fourth-order valence-corrected chi connectivity index (χ4v) is 2.60. The van der Waals surface area contributed by atoms with Gasteiger partial charge < -0.3 is 0 Å². The fourth-order valence-electron chi connectivity index (χ4n) is 2.60. The van der Waals surface area contributed by atoms with Crippen LogP contribution in [-0.2, 0) is 4.79 Å². The van der Waals surface area contributed by atoms with Gasteiger partial charge in [-0.3, -0.25) is 19.2 Å². The number of hydrogen-bond donors (Lipinski definition) is 0. The second-order valence-electron chi connectivity index (χ2n) is 5.16. The van der Waals surface area contributed by atoms with Crippen LogP contribution in [0.4, 0.5) is 0 Å². The molecule has 0 aromatic heterocycles. The average Bonchev–Trinajstić information content (AvgIpc) is 2.65.